The van der Waals surface area contributed by atoms with E-state index in [4.69, 9.17) is 16.3 Å². The van der Waals surface area contributed by atoms with Crippen LogP contribution >= 0.6 is 11.6 Å². The Hall–Kier alpha value is -1.26. The molecule has 2 rings (SSSR count). The molecule has 0 aromatic carbocycles. The Labute approximate surface area is 92.1 Å². The molecule has 0 atom stereocenters. The molecule has 15 heavy (non-hydrogen) atoms. The van der Waals surface area contributed by atoms with Gasteiger partial charge in [0.2, 0.25) is 0 Å². The molecule has 0 fully saturated rings. The summed E-state index contributed by atoms with van der Waals surface area (Å²) in [5.41, 5.74) is 0.547. The van der Waals surface area contributed by atoms with E-state index in [1.54, 1.807) is 23.6 Å². The van der Waals surface area contributed by atoms with Crippen LogP contribution in [-0.4, -0.2) is 28.2 Å². The average molecular weight is 227 g/mol. The summed E-state index contributed by atoms with van der Waals surface area (Å²) >= 11 is 5.93. The van der Waals surface area contributed by atoms with Crippen LogP contribution in [0.4, 0.5) is 0 Å². The summed E-state index contributed by atoms with van der Waals surface area (Å²) in [6.07, 6.45) is 2.48. The van der Waals surface area contributed by atoms with E-state index >= 15 is 0 Å². The predicted octanol–water partition coefficient (Wildman–Crippen LogP) is 1.88. The van der Waals surface area contributed by atoms with Crippen molar-refractivity contribution in [2.45, 2.75) is 6.42 Å². The molecule has 0 aliphatic carbocycles. The quantitative estimate of drug-likeness (QED) is 0.869. The number of ether oxygens (including phenoxy) is 1. The van der Waals surface area contributed by atoms with Gasteiger partial charge in [-0.15, -0.1) is 0 Å². The Bertz CT molecular complexity index is 481. The lowest BCUT2D eigenvalue weighted by atomic mass is 10.4. The number of aromatic hydroxyl groups is 1. The third-order valence-electron chi connectivity index (χ3n) is 2.20. The number of hydrogen-bond acceptors (Lipinski definition) is 3. The maximum atomic E-state index is 9.61. The molecule has 5 heteroatoms. The van der Waals surface area contributed by atoms with Crippen LogP contribution in [0.5, 0.6) is 5.75 Å². The first-order valence-electron chi connectivity index (χ1n) is 4.57. The second-order valence-corrected chi connectivity index (χ2v) is 3.53. The Morgan fingerprint density at radius 1 is 1.60 bits per heavy atom. The highest BCUT2D eigenvalue weighted by atomic mass is 35.5. The van der Waals surface area contributed by atoms with E-state index < -0.39 is 0 Å². The third-order valence-corrected chi connectivity index (χ3v) is 2.47. The van der Waals surface area contributed by atoms with Crippen molar-refractivity contribution in [3.8, 4) is 5.75 Å². The lowest BCUT2D eigenvalue weighted by Gasteiger charge is -2.00. The molecule has 4 nitrogen and oxygen atoms in total. The zero-order valence-electron chi connectivity index (χ0n) is 8.27. The Morgan fingerprint density at radius 2 is 2.40 bits per heavy atom. The van der Waals surface area contributed by atoms with E-state index in [2.05, 4.69) is 4.98 Å². The van der Waals surface area contributed by atoms with E-state index in [-0.39, 0.29) is 5.75 Å². The molecule has 1 N–H and O–H groups in total. The second-order valence-electron chi connectivity index (χ2n) is 3.17. The SMILES string of the molecule is COCCc1nc(Cl)c2c(O)cccn12. The summed E-state index contributed by atoms with van der Waals surface area (Å²) in [6.45, 7) is 0.575. The van der Waals surface area contributed by atoms with Crippen LogP contribution in [0.1, 0.15) is 5.82 Å². The smallest absolute Gasteiger partial charge is 0.158 e. The fourth-order valence-corrected chi connectivity index (χ4v) is 1.79. The van der Waals surface area contributed by atoms with Gasteiger partial charge in [0.05, 0.1) is 6.61 Å². The highest BCUT2D eigenvalue weighted by molar-refractivity contribution is 6.33. The zero-order chi connectivity index (χ0) is 10.8. The summed E-state index contributed by atoms with van der Waals surface area (Å²) in [7, 11) is 1.63. The monoisotopic (exact) mass is 226 g/mol. The standard InChI is InChI=1S/C10H11ClN2O2/c1-15-6-4-8-12-10(11)9-7(14)3-2-5-13(8)9/h2-3,5,14H,4,6H2,1H3. The number of fused-ring (bicyclic) bond motifs is 1. The van der Waals surface area contributed by atoms with Crippen molar-refractivity contribution < 1.29 is 9.84 Å². The topological polar surface area (TPSA) is 46.8 Å². The largest absolute Gasteiger partial charge is 0.506 e. The van der Waals surface area contributed by atoms with E-state index in [0.717, 1.165) is 5.82 Å². The molecule has 2 aromatic rings. The molecular formula is C10H11ClN2O2. The van der Waals surface area contributed by atoms with Crippen LogP contribution < -0.4 is 0 Å². The van der Waals surface area contributed by atoms with Crippen molar-refractivity contribution in [3.05, 3.63) is 29.3 Å². The van der Waals surface area contributed by atoms with Gasteiger partial charge in [0.15, 0.2) is 5.15 Å². The molecule has 0 saturated carbocycles. The number of halogens is 1. The average Bonchev–Trinajstić information content (AvgIpc) is 2.54. The molecule has 2 aromatic heterocycles. The molecule has 0 aliphatic rings. The molecule has 0 aliphatic heterocycles. The van der Waals surface area contributed by atoms with Gasteiger partial charge in [0.25, 0.3) is 0 Å². The minimum Gasteiger partial charge on any atom is -0.506 e. The summed E-state index contributed by atoms with van der Waals surface area (Å²) < 4.78 is 6.75. The summed E-state index contributed by atoms with van der Waals surface area (Å²) in [4.78, 5) is 4.18. The summed E-state index contributed by atoms with van der Waals surface area (Å²) in [5, 5.41) is 9.93. The number of aromatic nitrogens is 2. The lowest BCUT2D eigenvalue weighted by molar-refractivity contribution is 0.200. The van der Waals surface area contributed by atoms with Gasteiger partial charge in [0.1, 0.15) is 17.1 Å². The minimum atomic E-state index is 0.138. The van der Waals surface area contributed by atoms with Crippen LogP contribution in [0.3, 0.4) is 0 Å². The Balaban J connectivity index is 2.53. The van der Waals surface area contributed by atoms with Gasteiger partial charge >= 0.3 is 0 Å². The summed E-state index contributed by atoms with van der Waals surface area (Å²) in [6, 6.07) is 3.33. The molecule has 2 heterocycles. The highest BCUT2D eigenvalue weighted by Crippen LogP contribution is 2.26. The van der Waals surface area contributed by atoms with Crippen LogP contribution in [0.15, 0.2) is 18.3 Å². The van der Waals surface area contributed by atoms with E-state index in [0.29, 0.717) is 23.7 Å². The number of rotatable bonds is 3. The van der Waals surface area contributed by atoms with E-state index in [1.807, 2.05) is 6.20 Å². The van der Waals surface area contributed by atoms with Crippen molar-refractivity contribution in [1.29, 1.82) is 0 Å². The number of imidazole rings is 1. The van der Waals surface area contributed by atoms with Gasteiger partial charge < -0.3 is 9.84 Å². The molecule has 0 saturated heterocycles. The van der Waals surface area contributed by atoms with Crippen molar-refractivity contribution >= 4 is 17.1 Å². The number of nitrogens with zero attached hydrogens (tertiary/aromatic N) is 2. The predicted molar refractivity (Wildman–Crippen MR) is 57.4 cm³/mol. The number of methoxy groups -OCH3 is 1. The first-order chi connectivity index (χ1) is 7.24. The maximum Gasteiger partial charge on any atom is 0.158 e. The molecule has 0 spiro atoms. The third kappa shape index (κ3) is 1.78. The molecule has 0 radical (unpaired) electrons. The fraction of sp³-hybridized carbons (Fsp3) is 0.300. The lowest BCUT2D eigenvalue weighted by Crippen LogP contribution is -1.99. The number of pyridine rings is 1. The Morgan fingerprint density at radius 3 is 3.13 bits per heavy atom. The van der Waals surface area contributed by atoms with Gasteiger partial charge in [-0.1, -0.05) is 11.6 Å². The van der Waals surface area contributed by atoms with Crippen LogP contribution in [0.25, 0.3) is 5.52 Å². The van der Waals surface area contributed by atoms with Crippen molar-refractivity contribution in [3.63, 3.8) is 0 Å². The number of hydrogen-bond donors (Lipinski definition) is 1. The molecule has 0 bridgehead atoms. The van der Waals surface area contributed by atoms with E-state index in [1.165, 1.54) is 0 Å². The zero-order valence-corrected chi connectivity index (χ0v) is 9.03. The summed E-state index contributed by atoms with van der Waals surface area (Å²) in [5.74, 6) is 0.923. The van der Waals surface area contributed by atoms with Crippen LogP contribution in [0.2, 0.25) is 5.15 Å². The van der Waals surface area contributed by atoms with Gasteiger partial charge in [-0.3, -0.25) is 4.40 Å². The fourth-order valence-electron chi connectivity index (χ4n) is 1.51. The van der Waals surface area contributed by atoms with Crippen molar-refractivity contribution in [2.24, 2.45) is 0 Å². The second kappa shape index (κ2) is 4.08. The highest BCUT2D eigenvalue weighted by Gasteiger charge is 2.11. The first-order valence-corrected chi connectivity index (χ1v) is 4.95. The maximum absolute atomic E-state index is 9.61. The van der Waals surface area contributed by atoms with Gasteiger partial charge in [-0.2, -0.15) is 0 Å². The van der Waals surface area contributed by atoms with Crippen molar-refractivity contribution in [2.75, 3.05) is 13.7 Å². The van der Waals surface area contributed by atoms with Gasteiger partial charge in [-0.05, 0) is 12.1 Å². The molecule has 0 unspecified atom stereocenters. The molecule has 0 amide bonds. The Kier molecular flexibility index (Phi) is 2.79. The molecular weight excluding hydrogens is 216 g/mol. The van der Waals surface area contributed by atoms with Crippen LogP contribution in [-0.2, 0) is 11.2 Å². The normalized spacial score (nSPS) is 11.1. The first kappa shape index (κ1) is 10.3. The van der Waals surface area contributed by atoms with Crippen LogP contribution in [0, 0.1) is 0 Å². The molecule has 80 valence electrons. The van der Waals surface area contributed by atoms with E-state index in [9.17, 15) is 5.11 Å². The van der Waals surface area contributed by atoms with Crippen molar-refractivity contribution in [1.82, 2.24) is 9.38 Å². The van der Waals surface area contributed by atoms with Gasteiger partial charge in [-0.25, -0.2) is 4.98 Å². The van der Waals surface area contributed by atoms with Gasteiger partial charge in [0, 0.05) is 19.7 Å². The minimum absolute atomic E-state index is 0.138.